The van der Waals surface area contributed by atoms with Gasteiger partial charge >= 0.3 is 5.97 Å². The van der Waals surface area contributed by atoms with Gasteiger partial charge < -0.3 is 20.6 Å². The van der Waals surface area contributed by atoms with Crippen LogP contribution in [0.25, 0.3) is 6.08 Å². The van der Waals surface area contributed by atoms with Gasteiger partial charge in [0.25, 0.3) is 11.7 Å². The molecule has 3 rings (SSSR count). The van der Waals surface area contributed by atoms with Gasteiger partial charge in [0.05, 0.1) is 10.0 Å². The summed E-state index contributed by atoms with van der Waals surface area (Å²) in [7, 11) is 0. The van der Waals surface area contributed by atoms with Gasteiger partial charge in [0.15, 0.2) is 0 Å². The third kappa shape index (κ3) is 9.35. The first kappa shape index (κ1) is 32.7. The molecule has 1 unspecified atom stereocenters. The third-order valence-corrected chi connectivity index (χ3v) is 8.78. The number of hydrogen-bond acceptors (Lipinski definition) is 6. The van der Waals surface area contributed by atoms with E-state index in [4.69, 9.17) is 23.2 Å². The van der Waals surface area contributed by atoms with Gasteiger partial charge in [0, 0.05) is 47.0 Å². The first-order valence-electron chi connectivity index (χ1n) is 12.3. The average molecular weight is 647 g/mol. The molecule has 1 aliphatic rings. The Morgan fingerprint density at radius 1 is 1.12 bits per heavy atom. The molecule has 0 aromatic heterocycles. The second kappa shape index (κ2) is 15.4. The lowest BCUT2D eigenvalue weighted by Crippen LogP contribution is -2.51. The van der Waals surface area contributed by atoms with Gasteiger partial charge in [-0.05, 0) is 55.0 Å². The largest absolute Gasteiger partial charge is 0.480 e. The number of thioether (sulfide) groups is 2. The van der Waals surface area contributed by atoms with E-state index in [1.54, 1.807) is 17.0 Å². The number of halogens is 4. The van der Waals surface area contributed by atoms with Crippen molar-refractivity contribution >= 4 is 76.5 Å². The molecule has 1 atom stereocenters. The topological polar surface area (TPSA) is 116 Å². The zero-order valence-corrected chi connectivity index (χ0v) is 24.9. The maximum absolute atomic E-state index is 12.8. The molecule has 0 bridgehead atoms. The number of carbonyl (C=O) groups excluding carboxylic acids is 3. The summed E-state index contributed by atoms with van der Waals surface area (Å²) < 4.78 is 25.2. The van der Waals surface area contributed by atoms with E-state index >= 15 is 0 Å². The summed E-state index contributed by atoms with van der Waals surface area (Å²) in [6.07, 6.45) is 5.51. The lowest BCUT2D eigenvalue weighted by molar-refractivity contribution is -0.142. The number of carboxylic acids is 1. The molecule has 14 heteroatoms. The summed E-state index contributed by atoms with van der Waals surface area (Å²) in [5, 5.41) is 15.2. The number of aliphatic carboxylic acids is 1. The molecule has 3 N–H and O–H groups in total. The molecule has 8 nitrogen and oxygen atoms in total. The maximum atomic E-state index is 12.8. The first-order valence-corrected chi connectivity index (χ1v) is 15.2. The number of carbonyl (C=O) groups is 4. The van der Waals surface area contributed by atoms with Crippen LogP contribution in [0.15, 0.2) is 52.3 Å². The third-order valence-electron chi connectivity index (χ3n) is 6.28. The van der Waals surface area contributed by atoms with Gasteiger partial charge in [-0.2, -0.15) is 8.78 Å². The van der Waals surface area contributed by atoms with Crippen LogP contribution >= 0.6 is 46.7 Å². The van der Waals surface area contributed by atoms with Crippen molar-refractivity contribution < 1.29 is 33.1 Å². The van der Waals surface area contributed by atoms with Crippen molar-refractivity contribution in [3.05, 3.63) is 63.6 Å². The smallest absolute Gasteiger partial charge is 0.328 e. The Bertz CT molecular complexity index is 1320. The van der Waals surface area contributed by atoms with Crippen LogP contribution in [0.2, 0.25) is 10.0 Å². The number of rotatable bonds is 11. The molecule has 3 amide bonds. The molecular formula is C27H27Cl2F2N3O5S2. The van der Waals surface area contributed by atoms with Crippen LogP contribution in [0, 0.1) is 5.92 Å². The van der Waals surface area contributed by atoms with Gasteiger partial charge in [-0.3, -0.25) is 14.4 Å². The summed E-state index contributed by atoms with van der Waals surface area (Å²) in [4.78, 5) is 52.2. The number of carboxylic acid groups (broad SMARTS) is 1. The SMILES string of the molecule is CSc1ccc(C=CC(=O)N2CCC(C(=O)NC(CNC(=O)c3cccc(SC(F)F)c3)C(=O)O)CC2)c(Cl)c1Cl. The van der Waals surface area contributed by atoms with Crippen LogP contribution in [0.5, 0.6) is 0 Å². The molecular weight excluding hydrogens is 619 g/mol. The van der Waals surface area contributed by atoms with Crippen molar-refractivity contribution in [1.82, 2.24) is 15.5 Å². The minimum Gasteiger partial charge on any atom is -0.480 e. The lowest BCUT2D eigenvalue weighted by Gasteiger charge is -2.31. The average Bonchev–Trinajstić information content (AvgIpc) is 2.95. The number of piperidine rings is 1. The molecule has 0 radical (unpaired) electrons. The molecule has 0 spiro atoms. The maximum Gasteiger partial charge on any atom is 0.328 e. The quantitative estimate of drug-likeness (QED) is 0.225. The van der Waals surface area contributed by atoms with Crippen molar-refractivity contribution in [2.75, 3.05) is 25.9 Å². The summed E-state index contributed by atoms with van der Waals surface area (Å²) in [5.74, 6) is -5.93. The molecule has 1 saturated heterocycles. The fourth-order valence-corrected chi connectivity index (χ4v) is 5.79. The van der Waals surface area contributed by atoms with Gasteiger partial charge in [0.1, 0.15) is 6.04 Å². The number of alkyl halides is 2. The number of hydrogen-bond donors (Lipinski definition) is 3. The summed E-state index contributed by atoms with van der Waals surface area (Å²) >= 11 is 14.3. The second-order valence-electron chi connectivity index (χ2n) is 8.93. The molecule has 1 aliphatic heterocycles. The number of benzene rings is 2. The predicted molar refractivity (Wildman–Crippen MR) is 157 cm³/mol. The molecule has 41 heavy (non-hydrogen) atoms. The van der Waals surface area contributed by atoms with E-state index in [0.29, 0.717) is 41.5 Å². The Hall–Kier alpha value is -2.80. The Balaban J connectivity index is 1.50. The lowest BCUT2D eigenvalue weighted by atomic mass is 9.95. The van der Waals surface area contributed by atoms with Gasteiger partial charge in [-0.25, -0.2) is 4.79 Å². The number of likely N-dealkylation sites (tertiary alicyclic amines) is 1. The molecule has 220 valence electrons. The Kier molecular flexibility index (Phi) is 12.3. The molecule has 1 fully saturated rings. The summed E-state index contributed by atoms with van der Waals surface area (Å²) in [5.41, 5.74) is 0.684. The van der Waals surface area contributed by atoms with Crippen LogP contribution in [0.1, 0.15) is 28.8 Å². The van der Waals surface area contributed by atoms with E-state index in [0.717, 1.165) is 4.90 Å². The van der Waals surface area contributed by atoms with E-state index in [1.165, 1.54) is 42.1 Å². The van der Waals surface area contributed by atoms with E-state index in [9.17, 15) is 33.1 Å². The van der Waals surface area contributed by atoms with E-state index < -0.39 is 42.0 Å². The minimum atomic E-state index is -2.65. The van der Waals surface area contributed by atoms with Crippen LogP contribution in [0.3, 0.4) is 0 Å². The molecule has 0 aliphatic carbocycles. The fourth-order valence-electron chi connectivity index (χ4n) is 4.06. The Labute approximate surface area is 254 Å². The highest BCUT2D eigenvalue weighted by molar-refractivity contribution is 7.99. The molecule has 2 aromatic carbocycles. The van der Waals surface area contributed by atoms with E-state index in [-0.39, 0.29) is 28.1 Å². The normalized spacial score (nSPS) is 14.7. The molecule has 0 saturated carbocycles. The van der Waals surface area contributed by atoms with Crippen LogP contribution in [-0.2, 0) is 14.4 Å². The number of nitrogens with one attached hydrogen (secondary N) is 2. The van der Waals surface area contributed by atoms with Crippen molar-refractivity contribution in [1.29, 1.82) is 0 Å². The Morgan fingerprint density at radius 3 is 2.46 bits per heavy atom. The van der Waals surface area contributed by atoms with Crippen molar-refractivity contribution in [3.63, 3.8) is 0 Å². The zero-order chi connectivity index (χ0) is 30.1. The van der Waals surface area contributed by atoms with Crippen LogP contribution in [0.4, 0.5) is 8.78 Å². The van der Waals surface area contributed by atoms with Crippen molar-refractivity contribution in [3.8, 4) is 0 Å². The van der Waals surface area contributed by atoms with E-state index in [2.05, 4.69) is 10.6 Å². The monoisotopic (exact) mass is 645 g/mol. The van der Waals surface area contributed by atoms with E-state index in [1.807, 2.05) is 12.3 Å². The highest BCUT2D eigenvalue weighted by atomic mass is 35.5. The highest BCUT2D eigenvalue weighted by Crippen LogP contribution is 2.35. The summed E-state index contributed by atoms with van der Waals surface area (Å²) in [6.45, 7) is 0.184. The van der Waals surface area contributed by atoms with Crippen molar-refractivity contribution in [2.24, 2.45) is 5.92 Å². The van der Waals surface area contributed by atoms with Crippen LogP contribution in [-0.4, -0.2) is 71.4 Å². The Morgan fingerprint density at radius 2 is 1.83 bits per heavy atom. The minimum absolute atomic E-state index is 0.0829. The zero-order valence-electron chi connectivity index (χ0n) is 21.7. The first-order chi connectivity index (χ1) is 19.5. The van der Waals surface area contributed by atoms with Gasteiger partial charge in [-0.15, -0.1) is 11.8 Å². The second-order valence-corrected chi connectivity index (χ2v) is 11.6. The predicted octanol–water partition coefficient (Wildman–Crippen LogP) is 5.28. The fraction of sp³-hybridized carbons (Fsp3) is 0.333. The van der Waals surface area contributed by atoms with Gasteiger partial charge in [0.2, 0.25) is 11.8 Å². The number of amides is 3. The molecule has 2 aromatic rings. The highest BCUT2D eigenvalue weighted by Gasteiger charge is 2.30. The molecule has 1 heterocycles. The van der Waals surface area contributed by atoms with Crippen LogP contribution < -0.4 is 10.6 Å². The number of nitrogens with zero attached hydrogens (tertiary/aromatic N) is 1. The summed E-state index contributed by atoms with van der Waals surface area (Å²) in [6, 6.07) is 7.74. The van der Waals surface area contributed by atoms with Gasteiger partial charge in [-0.1, -0.05) is 47.1 Å². The standard InChI is InChI=1S/C27H27Cl2F2N3O5S2/c1-40-20-7-5-15(22(28)23(20)29)6-8-21(35)34-11-9-16(10-12-34)25(37)33-19(26(38)39)14-32-24(36)17-3-2-4-18(13-17)41-27(30)31/h2-8,13,16,19,27H,9-12,14H2,1H3,(H,32,36)(H,33,37)(H,38,39). The van der Waals surface area contributed by atoms with Crippen molar-refractivity contribution in [2.45, 2.75) is 34.4 Å².